The largest absolute Gasteiger partial charge is 0.383 e. The summed E-state index contributed by atoms with van der Waals surface area (Å²) in [5, 5.41) is 0. The van der Waals surface area contributed by atoms with E-state index in [0.29, 0.717) is 0 Å². The molecule has 0 heterocycles. The predicted molar refractivity (Wildman–Crippen MR) is 68.5 cm³/mol. The van der Waals surface area contributed by atoms with Crippen molar-refractivity contribution in [2.24, 2.45) is 5.73 Å². The highest BCUT2D eigenvalue weighted by atomic mass is 32.2. The van der Waals surface area contributed by atoms with E-state index in [2.05, 4.69) is 0 Å². The number of aryl methyl sites for hydroxylation is 1. The molecule has 5 heteroatoms. The van der Waals surface area contributed by atoms with Crippen LogP contribution in [-0.2, 0) is 20.3 Å². The van der Waals surface area contributed by atoms with Gasteiger partial charge in [0, 0.05) is 13.2 Å². The van der Waals surface area contributed by atoms with E-state index >= 15 is 0 Å². The Labute approximate surface area is 103 Å². The van der Waals surface area contributed by atoms with Crippen LogP contribution in [0.15, 0.2) is 24.3 Å². The van der Waals surface area contributed by atoms with Gasteiger partial charge in [-0.3, -0.25) is 0 Å². The van der Waals surface area contributed by atoms with Gasteiger partial charge in [0.15, 0.2) is 9.84 Å². The summed E-state index contributed by atoms with van der Waals surface area (Å²) in [6.45, 7) is 2.16. The Morgan fingerprint density at radius 2 is 2.00 bits per heavy atom. The van der Waals surface area contributed by atoms with Crippen LogP contribution in [0.25, 0.3) is 0 Å². The van der Waals surface area contributed by atoms with E-state index in [1.165, 1.54) is 7.11 Å². The first-order chi connectivity index (χ1) is 7.94. The summed E-state index contributed by atoms with van der Waals surface area (Å²) in [5.74, 6) is -0.00768. The van der Waals surface area contributed by atoms with Gasteiger partial charge in [-0.05, 0) is 18.1 Å². The van der Waals surface area contributed by atoms with Crippen LogP contribution in [0.2, 0.25) is 0 Å². The van der Waals surface area contributed by atoms with Crippen LogP contribution in [-0.4, -0.2) is 33.9 Å². The van der Waals surface area contributed by atoms with Crippen molar-refractivity contribution in [2.75, 3.05) is 19.5 Å². The van der Waals surface area contributed by atoms with Crippen molar-refractivity contribution >= 4 is 9.84 Å². The molecule has 1 atom stereocenters. The van der Waals surface area contributed by atoms with E-state index < -0.39 is 15.9 Å². The molecule has 17 heavy (non-hydrogen) atoms. The van der Waals surface area contributed by atoms with Crippen LogP contribution in [0.3, 0.4) is 0 Å². The second kappa shape index (κ2) is 6.14. The SMILES string of the molecule is COCC(N)CS(=O)(=O)Cc1ccccc1C. The molecule has 0 saturated heterocycles. The van der Waals surface area contributed by atoms with E-state index in [-0.39, 0.29) is 18.1 Å². The molecule has 0 aromatic heterocycles. The maximum absolute atomic E-state index is 11.9. The third-order valence-electron chi connectivity index (χ3n) is 2.49. The molecule has 2 N–H and O–H groups in total. The highest BCUT2D eigenvalue weighted by molar-refractivity contribution is 7.90. The first kappa shape index (κ1) is 14.2. The minimum absolute atomic E-state index is 0.0388. The van der Waals surface area contributed by atoms with Gasteiger partial charge < -0.3 is 10.5 Å². The van der Waals surface area contributed by atoms with Crippen molar-refractivity contribution in [2.45, 2.75) is 18.7 Å². The molecule has 1 aromatic rings. The average Bonchev–Trinajstić information content (AvgIpc) is 2.20. The smallest absolute Gasteiger partial charge is 0.156 e. The summed E-state index contributed by atoms with van der Waals surface area (Å²) >= 11 is 0. The lowest BCUT2D eigenvalue weighted by Crippen LogP contribution is -2.34. The molecular weight excluding hydrogens is 238 g/mol. The number of nitrogens with two attached hydrogens (primary N) is 1. The number of sulfone groups is 1. The van der Waals surface area contributed by atoms with Crippen LogP contribution in [0, 0.1) is 6.92 Å². The summed E-state index contributed by atoms with van der Waals surface area (Å²) in [5.41, 5.74) is 7.47. The molecule has 0 bridgehead atoms. The van der Waals surface area contributed by atoms with Gasteiger partial charge in [0.05, 0.1) is 18.1 Å². The lowest BCUT2D eigenvalue weighted by atomic mass is 10.1. The van der Waals surface area contributed by atoms with Gasteiger partial charge in [-0.2, -0.15) is 0 Å². The Morgan fingerprint density at radius 1 is 1.35 bits per heavy atom. The molecule has 1 aromatic carbocycles. The standard InChI is InChI=1S/C12H19NO3S/c1-10-5-3-4-6-11(10)8-17(14,15)9-12(13)7-16-2/h3-6,12H,7-9,13H2,1-2H3. The number of methoxy groups -OCH3 is 1. The molecule has 0 radical (unpaired) electrons. The first-order valence-electron chi connectivity index (χ1n) is 5.44. The molecule has 1 rings (SSSR count). The van der Waals surface area contributed by atoms with Gasteiger partial charge in [-0.1, -0.05) is 24.3 Å². The Kier molecular flexibility index (Phi) is 5.11. The van der Waals surface area contributed by atoms with E-state index in [0.717, 1.165) is 11.1 Å². The molecule has 0 aliphatic rings. The summed E-state index contributed by atoms with van der Waals surface area (Å²) in [6.07, 6.45) is 0. The van der Waals surface area contributed by atoms with E-state index in [1.54, 1.807) is 0 Å². The third-order valence-corrected chi connectivity index (χ3v) is 4.17. The van der Waals surface area contributed by atoms with Gasteiger partial charge >= 0.3 is 0 Å². The average molecular weight is 257 g/mol. The fraction of sp³-hybridized carbons (Fsp3) is 0.500. The highest BCUT2D eigenvalue weighted by Gasteiger charge is 2.17. The molecule has 0 spiro atoms. The second-order valence-electron chi connectivity index (χ2n) is 4.20. The zero-order valence-corrected chi connectivity index (χ0v) is 11.0. The fourth-order valence-corrected chi connectivity index (χ4v) is 3.32. The Bertz CT molecular complexity index is 457. The molecule has 1 unspecified atom stereocenters. The van der Waals surface area contributed by atoms with Crippen LogP contribution in [0.4, 0.5) is 0 Å². The van der Waals surface area contributed by atoms with Crippen LogP contribution in [0.1, 0.15) is 11.1 Å². The van der Waals surface area contributed by atoms with E-state index in [4.69, 9.17) is 10.5 Å². The van der Waals surface area contributed by atoms with Gasteiger partial charge in [-0.25, -0.2) is 8.42 Å². The Morgan fingerprint density at radius 3 is 2.59 bits per heavy atom. The Hall–Kier alpha value is -0.910. The number of hydrogen-bond donors (Lipinski definition) is 1. The number of hydrogen-bond acceptors (Lipinski definition) is 4. The first-order valence-corrected chi connectivity index (χ1v) is 7.26. The maximum atomic E-state index is 11.9. The topological polar surface area (TPSA) is 69.4 Å². The second-order valence-corrected chi connectivity index (χ2v) is 6.31. The zero-order valence-electron chi connectivity index (χ0n) is 10.2. The summed E-state index contributed by atoms with van der Waals surface area (Å²) in [6, 6.07) is 7.00. The summed E-state index contributed by atoms with van der Waals surface area (Å²) in [4.78, 5) is 0. The quantitative estimate of drug-likeness (QED) is 0.821. The van der Waals surface area contributed by atoms with Crippen molar-refractivity contribution in [3.8, 4) is 0 Å². The van der Waals surface area contributed by atoms with Gasteiger partial charge in [0.25, 0.3) is 0 Å². The van der Waals surface area contributed by atoms with Crippen LogP contribution < -0.4 is 5.73 Å². The van der Waals surface area contributed by atoms with Crippen LogP contribution >= 0.6 is 0 Å². The van der Waals surface area contributed by atoms with Gasteiger partial charge in [0.1, 0.15) is 0 Å². The lowest BCUT2D eigenvalue weighted by Gasteiger charge is -2.12. The molecule has 96 valence electrons. The summed E-state index contributed by atoms with van der Waals surface area (Å²) in [7, 11) is -1.68. The molecular formula is C12H19NO3S. The van der Waals surface area contributed by atoms with E-state index in [9.17, 15) is 8.42 Å². The molecule has 0 aliphatic carbocycles. The number of ether oxygens (including phenoxy) is 1. The predicted octanol–water partition coefficient (Wildman–Crippen LogP) is 0.884. The van der Waals surface area contributed by atoms with Gasteiger partial charge in [-0.15, -0.1) is 0 Å². The van der Waals surface area contributed by atoms with Crippen molar-refractivity contribution in [1.82, 2.24) is 0 Å². The van der Waals surface area contributed by atoms with Crippen LogP contribution in [0.5, 0.6) is 0 Å². The molecule has 4 nitrogen and oxygen atoms in total. The molecule has 0 fully saturated rings. The number of rotatable bonds is 6. The Balaban J connectivity index is 2.70. The summed E-state index contributed by atoms with van der Waals surface area (Å²) < 4.78 is 28.6. The van der Waals surface area contributed by atoms with Crippen molar-refractivity contribution < 1.29 is 13.2 Å². The maximum Gasteiger partial charge on any atom is 0.156 e. The minimum atomic E-state index is -3.18. The molecule has 0 saturated carbocycles. The fourth-order valence-electron chi connectivity index (χ4n) is 1.66. The van der Waals surface area contributed by atoms with Crippen molar-refractivity contribution in [1.29, 1.82) is 0 Å². The highest BCUT2D eigenvalue weighted by Crippen LogP contribution is 2.12. The van der Waals surface area contributed by atoms with Crippen molar-refractivity contribution in [3.05, 3.63) is 35.4 Å². The van der Waals surface area contributed by atoms with E-state index in [1.807, 2.05) is 31.2 Å². The minimum Gasteiger partial charge on any atom is -0.383 e. The third kappa shape index (κ3) is 4.85. The normalized spacial score (nSPS) is 13.6. The van der Waals surface area contributed by atoms with Crippen molar-refractivity contribution in [3.63, 3.8) is 0 Å². The number of benzene rings is 1. The lowest BCUT2D eigenvalue weighted by molar-refractivity contribution is 0.186. The molecule has 0 aliphatic heterocycles. The van der Waals surface area contributed by atoms with Gasteiger partial charge in [0.2, 0.25) is 0 Å². The molecule has 0 amide bonds. The monoisotopic (exact) mass is 257 g/mol. The zero-order chi connectivity index (χ0) is 12.9.